The van der Waals surface area contributed by atoms with E-state index in [4.69, 9.17) is 10.2 Å². The number of rotatable bonds is 3. The zero-order valence-electron chi connectivity index (χ0n) is 11.6. The van der Waals surface area contributed by atoms with Gasteiger partial charge in [-0.25, -0.2) is 9.97 Å². The first-order valence-electron chi connectivity index (χ1n) is 6.54. The molecular formula is C15H11F3N4O. The Bertz CT molecular complexity index is 795. The molecule has 2 heterocycles. The minimum Gasteiger partial charge on any atom is -0.423 e. The molecule has 0 spiro atoms. The van der Waals surface area contributed by atoms with Gasteiger partial charge in [-0.2, -0.15) is 13.2 Å². The number of aromatic nitrogens is 2. The van der Waals surface area contributed by atoms with Crippen LogP contribution in [0.25, 0.3) is 11.3 Å². The number of pyridine rings is 1. The Balaban J connectivity index is 1.77. The molecular weight excluding hydrogens is 309 g/mol. The second-order valence-corrected chi connectivity index (χ2v) is 4.70. The number of oxazole rings is 1. The average molecular weight is 320 g/mol. The van der Waals surface area contributed by atoms with Gasteiger partial charge >= 0.3 is 6.18 Å². The van der Waals surface area contributed by atoms with Gasteiger partial charge in [0.15, 0.2) is 5.76 Å². The van der Waals surface area contributed by atoms with Crippen molar-refractivity contribution in [2.75, 3.05) is 11.1 Å². The Labute approximate surface area is 129 Å². The number of hydrogen-bond acceptors (Lipinski definition) is 5. The van der Waals surface area contributed by atoms with Crippen LogP contribution in [0.15, 0.2) is 53.2 Å². The van der Waals surface area contributed by atoms with Gasteiger partial charge in [0.25, 0.3) is 6.01 Å². The summed E-state index contributed by atoms with van der Waals surface area (Å²) in [6.45, 7) is 0. The smallest absolute Gasteiger partial charge is 0.416 e. The standard InChI is InChI=1S/C15H11F3N4O/c16-15(17,18)10-3-1-9(2-4-10)12-8-21-14(23-12)22-11-5-6-13(19)20-7-11/h1-8H,(H2,19,20)(H,21,22). The molecule has 8 heteroatoms. The molecule has 0 fully saturated rings. The van der Waals surface area contributed by atoms with E-state index in [1.165, 1.54) is 24.5 Å². The third-order valence-electron chi connectivity index (χ3n) is 3.04. The van der Waals surface area contributed by atoms with E-state index in [0.717, 1.165) is 12.1 Å². The van der Waals surface area contributed by atoms with E-state index in [2.05, 4.69) is 15.3 Å². The molecule has 0 aliphatic heterocycles. The van der Waals surface area contributed by atoms with Crippen molar-refractivity contribution in [2.45, 2.75) is 6.18 Å². The largest absolute Gasteiger partial charge is 0.423 e. The third-order valence-corrected chi connectivity index (χ3v) is 3.04. The summed E-state index contributed by atoms with van der Waals surface area (Å²) in [5, 5.41) is 2.88. The van der Waals surface area contributed by atoms with Crippen LogP contribution in [0.4, 0.5) is 30.7 Å². The molecule has 0 aliphatic rings. The molecule has 0 amide bonds. The first-order chi connectivity index (χ1) is 10.9. The van der Waals surface area contributed by atoms with Gasteiger partial charge in [-0.3, -0.25) is 0 Å². The molecule has 0 saturated carbocycles. The first-order valence-corrected chi connectivity index (χ1v) is 6.54. The SMILES string of the molecule is Nc1ccc(Nc2ncc(-c3ccc(C(F)(F)F)cc3)o2)cn1. The summed E-state index contributed by atoms with van der Waals surface area (Å²) in [5.74, 6) is 0.734. The van der Waals surface area contributed by atoms with Gasteiger partial charge in [0.2, 0.25) is 0 Å². The van der Waals surface area contributed by atoms with Crippen LogP contribution in [0.1, 0.15) is 5.56 Å². The van der Waals surface area contributed by atoms with E-state index in [1.54, 1.807) is 12.1 Å². The molecule has 0 unspecified atom stereocenters. The van der Waals surface area contributed by atoms with Crippen LogP contribution in [0.5, 0.6) is 0 Å². The lowest BCUT2D eigenvalue weighted by molar-refractivity contribution is -0.137. The molecule has 0 radical (unpaired) electrons. The van der Waals surface area contributed by atoms with Gasteiger partial charge in [-0.1, -0.05) is 12.1 Å². The van der Waals surface area contributed by atoms with Gasteiger partial charge in [0.05, 0.1) is 23.6 Å². The van der Waals surface area contributed by atoms with Crippen molar-refractivity contribution >= 4 is 17.5 Å². The van der Waals surface area contributed by atoms with E-state index < -0.39 is 11.7 Å². The Morgan fingerprint density at radius 3 is 2.30 bits per heavy atom. The molecule has 1 aromatic carbocycles. The van der Waals surface area contributed by atoms with E-state index in [-0.39, 0.29) is 6.01 Å². The van der Waals surface area contributed by atoms with Gasteiger partial charge in [-0.15, -0.1) is 0 Å². The third kappa shape index (κ3) is 3.42. The lowest BCUT2D eigenvalue weighted by atomic mass is 10.1. The maximum Gasteiger partial charge on any atom is 0.416 e. The predicted octanol–water partition coefficient (Wildman–Crippen LogP) is 4.08. The Kier molecular flexibility index (Phi) is 3.65. The van der Waals surface area contributed by atoms with Crippen molar-refractivity contribution in [3.05, 3.63) is 54.4 Å². The van der Waals surface area contributed by atoms with Gasteiger partial charge in [0.1, 0.15) is 5.82 Å². The fourth-order valence-corrected chi connectivity index (χ4v) is 1.89. The van der Waals surface area contributed by atoms with Crippen molar-refractivity contribution in [1.82, 2.24) is 9.97 Å². The molecule has 118 valence electrons. The van der Waals surface area contributed by atoms with Crippen molar-refractivity contribution in [2.24, 2.45) is 0 Å². The molecule has 23 heavy (non-hydrogen) atoms. The first kappa shape index (κ1) is 14.9. The highest BCUT2D eigenvalue weighted by molar-refractivity contribution is 5.60. The number of nitrogen functional groups attached to an aromatic ring is 1. The van der Waals surface area contributed by atoms with Crippen molar-refractivity contribution in [3.8, 4) is 11.3 Å². The summed E-state index contributed by atoms with van der Waals surface area (Å²) >= 11 is 0. The molecule has 3 N–H and O–H groups in total. The van der Waals surface area contributed by atoms with Crippen molar-refractivity contribution in [1.29, 1.82) is 0 Å². The van der Waals surface area contributed by atoms with Crippen LogP contribution in [-0.2, 0) is 6.18 Å². The van der Waals surface area contributed by atoms with E-state index in [1.807, 2.05) is 0 Å². The van der Waals surface area contributed by atoms with Crippen molar-refractivity contribution < 1.29 is 17.6 Å². The van der Waals surface area contributed by atoms with Crippen LogP contribution in [-0.4, -0.2) is 9.97 Å². The normalized spacial score (nSPS) is 11.4. The molecule has 3 rings (SSSR count). The Morgan fingerprint density at radius 2 is 1.70 bits per heavy atom. The monoisotopic (exact) mass is 320 g/mol. The minimum absolute atomic E-state index is 0.200. The Morgan fingerprint density at radius 1 is 0.957 bits per heavy atom. The minimum atomic E-state index is -4.37. The maximum absolute atomic E-state index is 12.5. The summed E-state index contributed by atoms with van der Waals surface area (Å²) in [7, 11) is 0. The number of alkyl halides is 3. The molecule has 0 atom stereocenters. The van der Waals surface area contributed by atoms with Crippen molar-refractivity contribution in [3.63, 3.8) is 0 Å². The number of hydrogen-bond donors (Lipinski definition) is 2. The number of halogens is 3. The van der Waals surface area contributed by atoms with E-state index in [0.29, 0.717) is 22.8 Å². The topological polar surface area (TPSA) is 77.0 Å². The number of nitrogens with zero attached hydrogens (tertiary/aromatic N) is 2. The molecule has 2 aromatic heterocycles. The van der Waals surface area contributed by atoms with Crippen LogP contribution in [0, 0.1) is 0 Å². The summed E-state index contributed by atoms with van der Waals surface area (Å²) in [5.41, 5.74) is 5.89. The number of benzene rings is 1. The van der Waals surface area contributed by atoms with Gasteiger partial charge in [0, 0.05) is 5.56 Å². The van der Waals surface area contributed by atoms with E-state index in [9.17, 15) is 13.2 Å². The van der Waals surface area contributed by atoms with Crippen LogP contribution < -0.4 is 11.1 Å². The van der Waals surface area contributed by atoms with Gasteiger partial charge < -0.3 is 15.5 Å². The molecule has 0 aliphatic carbocycles. The summed E-state index contributed by atoms with van der Waals surface area (Å²) < 4.78 is 43.1. The molecule has 3 aromatic rings. The fraction of sp³-hybridized carbons (Fsp3) is 0.0667. The maximum atomic E-state index is 12.5. The molecule has 0 saturated heterocycles. The highest BCUT2D eigenvalue weighted by atomic mass is 19.4. The number of anilines is 3. The highest BCUT2D eigenvalue weighted by Crippen LogP contribution is 2.31. The lowest BCUT2D eigenvalue weighted by Gasteiger charge is -2.06. The summed E-state index contributed by atoms with van der Waals surface area (Å²) in [4.78, 5) is 7.93. The summed E-state index contributed by atoms with van der Waals surface area (Å²) in [6.07, 6.45) is -1.43. The highest BCUT2D eigenvalue weighted by Gasteiger charge is 2.30. The number of nitrogens with two attached hydrogens (primary N) is 1. The summed E-state index contributed by atoms with van der Waals surface area (Å²) in [6, 6.07) is 8.16. The molecule has 5 nitrogen and oxygen atoms in total. The predicted molar refractivity (Wildman–Crippen MR) is 78.9 cm³/mol. The van der Waals surface area contributed by atoms with Crippen LogP contribution in [0.2, 0.25) is 0 Å². The fourth-order valence-electron chi connectivity index (χ4n) is 1.89. The number of nitrogens with one attached hydrogen (secondary N) is 1. The second-order valence-electron chi connectivity index (χ2n) is 4.70. The zero-order chi connectivity index (χ0) is 16.4. The Hall–Kier alpha value is -3.03. The quantitative estimate of drug-likeness (QED) is 0.760. The van der Waals surface area contributed by atoms with Crippen LogP contribution >= 0.6 is 0 Å². The average Bonchev–Trinajstić information content (AvgIpc) is 2.97. The van der Waals surface area contributed by atoms with Gasteiger partial charge in [-0.05, 0) is 24.3 Å². The lowest BCUT2D eigenvalue weighted by Crippen LogP contribution is -2.03. The zero-order valence-corrected chi connectivity index (χ0v) is 11.6. The second kappa shape index (κ2) is 5.64. The molecule has 0 bridgehead atoms. The van der Waals surface area contributed by atoms with E-state index >= 15 is 0 Å². The van der Waals surface area contributed by atoms with Crippen LogP contribution in [0.3, 0.4) is 0 Å².